The summed E-state index contributed by atoms with van der Waals surface area (Å²) in [5.41, 5.74) is 3.86. The number of benzene rings is 1. The first-order chi connectivity index (χ1) is 17.4. The van der Waals surface area contributed by atoms with Gasteiger partial charge in [-0.05, 0) is 57.8 Å². The maximum absolute atomic E-state index is 6.16. The van der Waals surface area contributed by atoms with Crippen molar-refractivity contribution in [1.82, 2.24) is 24.9 Å². The first kappa shape index (κ1) is 25.0. The van der Waals surface area contributed by atoms with Crippen molar-refractivity contribution >= 4 is 45.6 Å². The topological polar surface area (TPSA) is 73.6 Å². The van der Waals surface area contributed by atoms with E-state index in [0.717, 1.165) is 93.7 Å². The fourth-order valence-electron chi connectivity index (χ4n) is 4.57. The predicted molar refractivity (Wildman–Crippen MR) is 148 cm³/mol. The minimum atomic E-state index is 0.650. The van der Waals surface area contributed by atoms with E-state index in [9.17, 15) is 0 Å². The second kappa shape index (κ2) is 10.7. The van der Waals surface area contributed by atoms with Crippen molar-refractivity contribution in [3.05, 3.63) is 51.0 Å². The van der Waals surface area contributed by atoms with Crippen LogP contribution < -0.4 is 10.2 Å². The quantitative estimate of drug-likeness (QED) is 0.348. The SMILES string of the molecule is Cc1noc(C)c1-c1ccc2nc(N3CCN(CCN(C)C)CC3)nc(NCc3ccc(Cl)s3)c2c1. The molecule has 0 radical (unpaired) electrons. The van der Waals surface area contributed by atoms with Crippen molar-refractivity contribution in [2.75, 3.05) is 63.6 Å². The van der Waals surface area contributed by atoms with Crippen molar-refractivity contribution in [3.63, 3.8) is 0 Å². The monoisotopic (exact) mass is 525 g/mol. The van der Waals surface area contributed by atoms with E-state index in [4.69, 9.17) is 26.1 Å². The standard InChI is InChI=1S/C26H32ClN7OS/c1-17-24(18(2)35-31-17)19-5-7-22-21(15-19)25(28-16-20-6-8-23(27)36-20)30-26(29-22)34-13-11-33(12-14-34)10-9-32(3)4/h5-8,15H,9-14,16H2,1-4H3,(H,28,29,30). The molecule has 1 aromatic carbocycles. The molecule has 0 unspecified atom stereocenters. The van der Waals surface area contributed by atoms with Crippen LogP contribution in [0.1, 0.15) is 16.3 Å². The minimum absolute atomic E-state index is 0.650. The number of likely N-dealkylation sites (N-methyl/N-ethyl adjacent to an activating group) is 1. The Bertz CT molecular complexity index is 1320. The third-order valence-electron chi connectivity index (χ3n) is 6.58. The first-order valence-corrected chi connectivity index (χ1v) is 13.4. The van der Waals surface area contributed by atoms with Crippen LogP contribution in [0.3, 0.4) is 0 Å². The summed E-state index contributed by atoms with van der Waals surface area (Å²) in [5.74, 6) is 2.40. The van der Waals surface area contributed by atoms with Gasteiger partial charge in [0.05, 0.1) is 22.1 Å². The number of aromatic nitrogens is 3. The number of thiophene rings is 1. The summed E-state index contributed by atoms with van der Waals surface area (Å²) in [5, 5.41) is 8.67. The summed E-state index contributed by atoms with van der Waals surface area (Å²) in [6, 6.07) is 10.3. The Hall–Kier alpha value is -2.72. The summed E-state index contributed by atoms with van der Waals surface area (Å²) in [6.45, 7) is 10.6. The Labute approximate surface area is 220 Å². The van der Waals surface area contributed by atoms with Crippen LogP contribution in [0.4, 0.5) is 11.8 Å². The first-order valence-electron chi connectivity index (χ1n) is 12.2. The predicted octanol–water partition coefficient (Wildman–Crippen LogP) is 4.91. The number of rotatable bonds is 8. The van der Waals surface area contributed by atoms with Crippen LogP contribution in [0.5, 0.6) is 0 Å². The van der Waals surface area contributed by atoms with Crippen LogP contribution in [-0.2, 0) is 6.54 Å². The van der Waals surface area contributed by atoms with E-state index in [0.29, 0.717) is 6.54 Å². The summed E-state index contributed by atoms with van der Waals surface area (Å²) >= 11 is 7.74. The molecule has 1 fully saturated rings. The molecule has 1 aliphatic heterocycles. The van der Waals surface area contributed by atoms with Gasteiger partial charge >= 0.3 is 0 Å². The van der Waals surface area contributed by atoms with E-state index in [1.807, 2.05) is 26.0 Å². The Balaban J connectivity index is 1.45. The van der Waals surface area contributed by atoms with Gasteiger partial charge in [-0.25, -0.2) is 4.98 Å². The Morgan fingerprint density at radius 2 is 1.89 bits per heavy atom. The maximum Gasteiger partial charge on any atom is 0.227 e. The lowest BCUT2D eigenvalue weighted by Gasteiger charge is -2.35. The van der Waals surface area contributed by atoms with Gasteiger partial charge in [0.2, 0.25) is 5.95 Å². The lowest BCUT2D eigenvalue weighted by Crippen LogP contribution is -2.48. The lowest BCUT2D eigenvalue weighted by atomic mass is 10.0. The molecule has 1 N–H and O–H groups in total. The molecule has 1 saturated heterocycles. The van der Waals surface area contributed by atoms with Gasteiger partial charge in [0.1, 0.15) is 11.6 Å². The number of halogens is 1. The van der Waals surface area contributed by atoms with E-state index >= 15 is 0 Å². The fourth-order valence-corrected chi connectivity index (χ4v) is 5.60. The summed E-state index contributed by atoms with van der Waals surface area (Å²) in [7, 11) is 4.24. The third-order valence-corrected chi connectivity index (χ3v) is 7.81. The molecule has 8 nitrogen and oxygen atoms in total. The number of hydrogen-bond donors (Lipinski definition) is 1. The number of aryl methyl sites for hydroxylation is 2. The molecule has 36 heavy (non-hydrogen) atoms. The average molecular weight is 526 g/mol. The molecule has 190 valence electrons. The number of anilines is 2. The van der Waals surface area contributed by atoms with Gasteiger partial charge in [-0.1, -0.05) is 22.8 Å². The Morgan fingerprint density at radius 1 is 1.08 bits per heavy atom. The smallest absolute Gasteiger partial charge is 0.227 e. The molecule has 0 saturated carbocycles. The van der Waals surface area contributed by atoms with E-state index in [1.54, 1.807) is 11.3 Å². The van der Waals surface area contributed by atoms with E-state index in [1.165, 1.54) is 0 Å². The van der Waals surface area contributed by atoms with Crippen LogP contribution in [0, 0.1) is 13.8 Å². The van der Waals surface area contributed by atoms with Crippen molar-refractivity contribution in [2.45, 2.75) is 20.4 Å². The summed E-state index contributed by atoms with van der Waals surface area (Å²) in [4.78, 5) is 18.2. The number of nitrogens with zero attached hydrogens (tertiary/aromatic N) is 6. The molecule has 10 heteroatoms. The number of fused-ring (bicyclic) bond motifs is 1. The highest BCUT2D eigenvalue weighted by Crippen LogP contribution is 2.33. The zero-order chi connectivity index (χ0) is 25.2. The highest BCUT2D eigenvalue weighted by molar-refractivity contribution is 7.16. The lowest BCUT2D eigenvalue weighted by molar-refractivity contribution is 0.229. The molecular weight excluding hydrogens is 494 g/mol. The number of nitrogens with one attached hydrogen (secondary N) is 1. The zero-order valence-corrected chi connectivity index (χ0v) is 22.8. The number of hydrogen-bond acceptors (Lipinski definition) is 9. The van der Waals surface area contributed by atoms with Gasteiger partial charge in [0.15, 0.2) is 0 Å². The van der Waals surface area contributed by atoms with Crippen LogP contribution >= 0.6 is 22.9 Å². The molecule has 0 aliphatic carbocycles. The second-order valence-electron chi connectivity index (χ2n) is 9.49. The van der Waals surface area contributed by atoms with Crippen LogP contribution in [0.15, 0.2) is 34.9 Å². The molecule has 0 atom stereocenters. The summed E-state index contributed by atoms with van der Waals surface area (Å²) < 4.78 is 6.20. The van der Waals surface area contributed by atoms with Gasteiger partial charge in [0, 0.05) is 55.1 Å². The third kappa shape index (κ3) is 5.49. The molecular formula is C26H32ClN7OS. The molecule has 0 amide bonds. The second-order valence-corrected chi connectivity index (χ2v) is 11.3. The average Bonchev–Trinajstić information content (AvgIpc) is 3.44. The minimum Gasteiger partial charge on any atom is -0.364 e. The maximum atomic E-state index is 6.16. The molecule has 4 aromatic rings. The van der Waals surface area contributed by atoms with Crippen molar-refractivity contribution < 1.29 is 4.52 Å². The summed E-state index contributed by atoms with van der Waals surface area (Å²) in [6.07, 6.45) is 0. The largest absolute Gasteiger partial charge is 0.364 e. The van der Waals surface area contributed by atoms with Crippen LogP contribution in [-0.4, -0.2) is 78.3 Å². The molecule has 0 bridgehead atoms. The van der Waals surface area contributed by atoms with Crippen LogP contribution in [0.25, 0.3) is 22.0 Å². The molecule has 4 heterocycles. The fraction of sp³-hybridized carbons (Fsp3) is 0.423. The van der Waals surface area contributed by atoms with Gasteiger partial charge < -0.3 is 19.6 Å². The van der Waals surface area contributed by atoms with E-state index in [-0.39, 0.29) is 0 Å². The molecule has 1 aliphatic rings. The van der Waals surface area contributed by atoms with E-state index in [2.05, 4.69) is 57.5 Å². The van der Waals surface area contributed by atoms with Crippen molar-refractivity contribution in [1.29, 1.82) is 0 Å². The highest BCUT2D eigenvalue weighted by Gasteiger charge is 2.21. The van der Waals surface area contributed by atoms with E-state index < -0.39 is 0 Å². The van der Waals surface area contributed by atoms with Gasteiger partial charge in [-0.3, -0.25) is 4.90 Å². The van der Waals surface area contributed by atoms with Crippen molar-refractivity contribution in [2.24, 2.45) is 0 Å². The Kier molecular flexibility index (Phi) is 7.43. The molecule has 3 aromatic heterocycles. The molecule has 5 rings (SSSR count). The normalized spacial score (nSPS) is 14.8. The van der Waals surface area contributed by atoms with Crippen molar-refractivity contribution in [3.8, 4) is 11.1 Å². The van der Waals surface area contributed by atoms with Gasteiger partial charge in [0.25, 0.3) is 0 Å². The molecule has 0 spiro atoms. The van der Waals surface area contributed by atoms with Gasteiger partial charge in [-0.2, -0.15) is 4.98 Å². The Morgan fingerprint density at radius 3 is 2.56 bits per heavy atom. The number of piperazine rings is 1. The highest BCUT2D eigenvalue weighted by atomic mass is 35.5. The van der Waals surface area contributed by atoms with Gasteiger partial charge in [-0.15, -0.1) is 11.3 Å². The van der Waals surface area contributed by atoms with Crippen LogP contribution in [0.2, 0.25) is 4.34 Å². The zero-order valence-electron chi connectivity index (χ0n) is 21.2.